The summed E-state index contributed by atoms with van der Waals surface area (Å²) in [5, 5.41) is 2.28. The van der Waals surface area contributed by atoms with Gasteiger partial charge in [-0.2, -0.15) is 0 Å². The van der Waals surface area contributed by atoms with Crippen LogP contribution in [0.5, 0.6) is 0 Å². The number of hydrogen-bond acceptors (Lipinski definition) is 2. The van der Waals surface area contributed by atoms with Crippen molar-refractivity contribution in [3.8, 4) is 65.4 Å². The minimum atomic E-state index is -0.542. The van der Waals surface area contributed by atoms with E-state index in [1.165, 1.54) is 93.2 Å². The van der Waals surface area contributed by atoms with Gasteiger partial charge >= 0.3 is 0 Å². The molecule has 12 aromatic rings. The van der Waals surface area contributed by atoms with Gasteiger partial charge in [-0.1, -0.05) is 243 Å². The van der Waals surface area contributed by atoms with Crippen LogP contribution in [0.15, 0.2) is 253 Å². The molecule has 2 heteroatoms. The fraction of sp³-hybridized carbons (Fsp3) is 0.0303. The molecule has 2 unspecified atom stereocenters. The Morgan fingerprint density at radius 1 is 0.338 bits per heavy atom. The van der Waals surface area contributed by atoms with Crippen LogP contribution in [-0.2, 0) is 5.41 Å². The van der Waals surface area contributed by atoms with Gasteiger partial charge in [0.2, 0.25) is 0 Å². The standard InChI is InChI=1S/C66H42OS/c1-4-17-42(18-5-1)43-31-35-45(36-32-43)60(46-37-33-44(34-38-46)50-26-16-27-54-53-24-12-15-30-59(53)67-63(50)54)49-39-40-52-51-23-10-13-28-56(51)66(58(52)41-49)57-29-14-11-25-55(57)61-62(66)65(48-21-8-3-9-22-48)68-64(61)47-19-6-2-7-20-47/h1-41,60H. The first-order valence-corrected chi connectivity index (χ1v) is 24.3. The summed E-state index contributed by atoms with van der Waals surface area (Å²) in [7, 11) is 0. The quantitative estimate of drug-likeness (QED) is 0.145. The fourth-order valence-electron chi connectivity index (χ4n) is 11.7. The van der Waals surface area contributed by atoms with E-state index in [1.807, 2.05) is 17.4 Å². The van der Waals surface area contributed by atoms with Crippen LogP contribution >= 0.6 is 11.3 Å². The molecule has 0 saturated carbocycles. The molecule has 0 saturated heterocycles. The average molecular weight is 883 g/mol. The molecular formula is C66H42OS. The molecule has 14 rings (SSSR count). The molecule has 0 fully saturated rings. The summed E-state index contributed by atoms with van der Waals surface area (Å²) >= 11 is 1.94. The van der Waals surface area contributed by atoms with Gasteiger partial charge in [0.25, 0.3) is 0 Å². The fourth-order valence-corrected chi connectivity index (χ4v) is 13.1. The van der Waals surface area contributed by atoms with Crippen molar-refractivity contribution < 1.29 is 4.42 Å². The van der Waals surface area contributed by atoms with E-state index in [0.29, 0.717) is 0 Å². The largest absolute Gasteiger partial charge is 0.455 e. The summed E-state index contributed by atoms with van der Waals surface area (Å²) in [6, 6.07) is 92.0. The van der Waals surface area contributed by atoms with Gasteiger partial charge in [-0.3, -0.25) is 0 Å². The Bertz CT molecular complexity index is 3880. The van der Waals surface area contributed by atoms with Gasteiger partial charge in [-0.25, -0.2) is 0 Å². The summed E-state index contributed by atoms with van der Waals surface area (Å²) < 4.78 is 6.53. The van der Waals surface area contributed by atoms with Crippen LogP contribution in [-0.4, -0.2) is 0 Å². The predicted octanol–water partition coefficient (Wildman–Crippen LogP) is 17.8. The minimum Gasteiger partial charge on any atom is -0.455 e. The summed E-state index contributed by atoms with van der Waals surface area (Å²) in [6.45, 7) is 0. The van der Waals surface area contributed by atoms with Gasteiger partial charge in [0, 0.05) is 37.6 Å². The van der Waals surface area contributed by atoms with Crippen LogP contribution < -0.4 is 0 Å². The second kappa shape index (κ2) is 15.4. The molecule has 0 radical (unpaired) electrons. The van der Waals surface area contributed by atoms with Crippen molar-refractivity contribution in [1.29, 1.82) is 0 Å². The van der Waals surface area contributed by atoms with Gasteiger partial charge in [0.05, 0.1) is 5.41 Å². The Morgan fingerprint density at radius 2 is 0.838 bits per heavy atom. The van der Waals surface area contributed by atoms with E-state index in [1.54, 1.807) is 0 Å². The van der Waals surface area contributed by atoms with E-state index in [0.717, 1.165) is 33.1 Å². The summed E-state index contributed by atoms with van der Waals surface area (Å²) in [5.41, 5.74) is 22.9. The van der Waals surface area contributed by atoms with Crippen LogP contribution in [0, 0.1) is 0 Å². The third kappa shape index (κ3) is 5.74. The zero-order chi connectivity index (χ0) is 44.8. The molecule has 1 spiro atoms. The highest BCUT2D eigenvalue weighted by atomic mass is 32.1. The number of fused-ring (bicyclic) bond motifs is 13. The summed E-state index contributed by atoms with van der Waals surface area (Å²) in [4.78, 5) is 2.65. The van der Waals surface area contributed by atoms with Crippen molar-refractivity contribution in [3.05, 3.63) is 288 Å². The molecule has 1 nitrogen and oxygen atoms in total. The van der Waals surface area contributed by atoms with Crippen molar-refractivity contribution in [2.75, 3.05) is 0 Å². The molecule has 68 heavy (non-hydrogen) atoms. The number of thiophene rings is 1. The lowest BCUT2D eigenvalue weighted by Crippen LogP contribution is -2.26. The second-order valence-corrected chi connectivity index (χ2v) is 19.2. The second-order valence-electron chi connectivity index (χ2n) is 18.2. The molecule has 0 bridgehead atoms. The Labute approximate surface area is 399 Å². The van der Waals surface area contributed by atoms with E-state index >= 15 is 0 Å². The average Bonchev–Trinajstić information content (AvgIpc) is 4.16. The van der Waals surface area contributed by atoms with E-state index in [9.17, 15) is 0 Å². The molecule has 2 atom stereocenters. The Balaban J connectivity index is 0.998. The van der Waals surface area contributed by atoms with Gasteiger partial charge in [-0.15, -0.1) is 11.3 Å². The third-order valence-electron chi connectivity index (χ3n) is 14.7. The molecule has 2 aliphatic carbocycles. The number of furan rings is 1. The van der Waals surface area contributed by atoms with Crippen molar-refractivity contribution in [2.24, 2.45) is 0 Å². The Hall–Kier alpha value is -8.30. The van der Waals surface area contributed by atoms with Crippen LogP contribution in [0.25, 0.3) is 87.3 Å². The highest BCUT2D eigenvalue weighted by Gasteiger charge is 2.54. The number of benzene rings is 10. The number of rotatable bonds is 7. The molecular weight excluding hydrogens is 841 g/mol. The van der Waals surface area contributed by atoms with Gasteiger partial charge in [-0.05, 0) is 89.5 Å². The first-order chi connectivity index (χ1) is 33.7. The van der Waals surface area contributed by atoms with Crippen LogP contribution in [0.4, 0.5) is 0 Å². The Kier molecular flexibility index (Phi) is 8.81. The first-order valence-electron chi connectivity index (χ1n) is 23.5. The molecule has 2 aliphatic rings. The molecule has 0 amide bonds. The monoisotopic (exact) mass is 882 g/mol. The first kappa shape index (κ1) is 38.9. The van der Waals surface area contributed by atoms with Crippen LogP contribution in [0.1, 0.15) is 44.9 Å². The van der Waals surface area contributed by atoms with Crippen molar-refractivity contribution >= 4 is 33.3 Å². The zero-order valence-electron chi connectivity index (χ0n) is 37.1. The van der Waals surface area contributed by atoms with E-state index in [4.69, 9.17) is 4.42 Å². The van der Waals surface area contributed by atoms with E-state index < -0.39 is 5.41 Å². The van der Waals surface area contributed by atoms with Crippen molar-refractivity contribution in [2.45, 2.75) is 11.3 Å². The molecule has 10 aromatic carbocycles. The SMILES string of the molecule is c1ccc(-c2ccc(C(c3ccc(-c4cccc5c4oc4ccccc45)cc3)c3ccc4c(c3)C3(c5ccccc5-4)c4ccccc4-c4c(-c5ccccc5)sc(-c5ccccc5)c43)cc2)cc1. The zero-order valence-corrected chi connectivity index (χ0v) is 37.9. The van der Waals surface area contributed by atoms with E-state index in [-0.39, 0.29) is 5.92 Å². The minimum absolute atomic E-state index is 0.0472. The van der Waals surface area contributed by atoms with Crippen LogP contribution in [0.3, 0.4) is 0 Å². The van der Waals surface area contributed by atoms with Gasteiger partial charge < -0.3 is 4.42 Å². The third-order valence-corrected chi connectivity index (χ3v) is 16.0. The molecule has 2 heterocycles. The molecule has 0 N–H and O–H groups in total. The van der Waals surface area contributed by atoms with Crippen molar-refractivity contribution in [1.82, 2.24) is 0 Å². The predicted molar refractivity (Wildman–Crippen MR) is 283 cm³/mol. The summed E-state index contributed by atoms with van der Waals surface area (Å²) in [6.07, 6.45) is 0. The van der Waals surface area contributed by atoms with Gasteiger partial charge in [0.1, 0.15) is 11.2 Å². The molecule has 2 aromatic heterocycles. The maximum Gasteiger partial charge on any atom is 0.143 e. The van der Waals surface area contributed by atoms with E-state index in [2.05, 4.69) is 243 Å². The lowest BCUT2D eigenvalue weighted by Gasteiger charge is -2.32. The number of hydrogen-bond donors (Lipinski definition) is 0. The molecule has 318 valence electrons. The topological polar surface area (TPSA) is 13.1 Å². The maximum atomic E-state index is 6.53. The lowest BCUT2D eigenvalue weighted by molar-refractivity contribution is 0.670. The normalized spacial score (nSPS) is 14.8. The highest BCUT2D eigenvalue weighted by Crippen LogP contribution is 2.68. The number of para-hydroxylation sites is 2. The maximum absolute atomic E-state index is 6.53. The smallest absolute Gasteiger partial charge is 0.143 e. The summed E-state index contributed by atoms with van der Waals surface area (Å²) in [5.74, 6) is -0.0472. The van der Waals surface area contributed by atoms with Crippen molar-refractivity contribution in [3.63, 3.8) is 0 Å². The lowest BCUT2D eigenvalue weighted by atomic mass is 9.69. The molecule has 0 aliphatic heterocycles. The highest BCUT2D eigenvalue weighted by molar-refractivity contribution is 7.19. The Morgan fingerprint density at radius 3 is 1.54 bits per heavy atom. The van der Waals surface area contributed by atoms with Gasteiger partial charge in [0.15, 0.2) is 0 Å². The van der Waals surface area contributed by atoms with Crippen LogP contribution in [0.2, 0.25) is 0 Å².